The molecule has 0 unspecified atom stereocenters. The van der Waals surface area contributed by atoms with E-state index >= 15 is 0 Å². The van der Waals surface area contributed by atoms with Gasteiger partial charge in [-0.2, -0.15) is 5.10 Å². The number of amides is 2. The molecule has 0 spiro atoms. The van der Waals surface area contributed by atoms with Gasteiger partial charge in [-0.15, -0.1) is 0 Å². The molecule has 9 heteroatoms. The average molecular weight is 483 g/mol. The van der Waals surface area contributed by atoms with E-state index in [4.69, 9.17) is 0 Å². The van der Waals surface area contributed by atoms with Crippen LogP contribution >= 0.6 is 0 Å². The summed E-state index contributed by atoms with van der Waals surface area (Å²) in [6.07, 6.45) is 6.33. The van der Waals surface area contributed by atoms with E-state index in [1.807, 2.05) is 47.8 Å². The molecule has 2 aliphatic heterocycles. The maximum Gasteiger partial charge on any atom is 0.322 e. The SMILES string of the molecule is O=C(Nc1cccc(CN2CCN(Cc3ccccn3)CC2)c1)N1CCc2c(cnc3[nH]ncc23)C1. The van der Waals surface area contributed by atoms with Crippen molar-refractivity contribution in [3.05, 3.63) is 83.4 Å². The molecule has 2 aliphatic rings. The third-order valence-electron chi connectivity index (χ3n) is 7.12. The molecule has 2 N–H and O–H groups in total. The summed E-state index contributed by atoms with van der Waals surface area (Å²) in [6, 6.07) is 14.2. The van der Waals surface area contributed by atoms with Crippen LogP contribution in [0, 0.1) is 0 Å². The molecule has 3 aromatic heterocycles. The van der Waals surface area contributed by atoms with Crippen molar-refractivity contribution in [3.63, 3.8) is 0 Å². The summed E-state index contributed by atoms with van der Waals surface area (Å²) in [6.45, 7) is 7.12. The number of pyridine rings is 2. The molecule has 0 radical (unpaired) electrons. The molecule has 9 nitrogen and oxygen atoms in total. The third-order valence-corrected chi connectivity index (χ3v) is 7.12. The molecule has 1 aromatic carbocycles. The maximum atomic E-state index is 13.0. The molecule has 2 amide bonds. The highest BCUT2D eigenvalue weighted by molar-refractivity contribution is 5.90. The van der Waals surface area contributed by atoms with E-state index in [1.165, 1.54) is 11.1 Å². The first-order valence-corrected chi connectivity index (χ1v) is 12.5. The first kappa shape index (κ1) is 22.6. The summed E-state index contributed by atoms with van der Waals surface area (Å²) >= 11 is 0. The second-order valence-corrected chi connectivity index (χ2v) is 9.57. The number of carbonyl (C=O) groups is 1. The Bertz CT molecular complexity index is 1350. The number of rotatable bonds is 5. The van der Waals surface area contributed by atoms with E-state index in [9.17, 15) is 4.79 Å². The molecule has 0 atom stereocenters. The quantitative estimate of drug-likeness (QED) is 0.454. The average Bonchev–Trinajstić information content (AvgIpc) is 3.40. The van der Waals surface area contributed by atoms with E-state index in [0.29, 0.717) is 13.1 Å². The molecular weight excluding hydrogens is 452 g/mol. The maximum absolute atomic E-state index is 13.0. The molecule has 6 rings (SSSR count). The van der Waals surface area contributed by atoms with Gasteiger partial charge in [-0.25, -0.2) is 9.78 Å². The minimum absolute atomic E-state index is 0.0757. The van der Waals surface area contributed by atoms with Crippen LogP contribution in [0.1, 0.15) is 22.4 Å². The number of piperazine rings is 1. The van der Waals surface area contributed by atoms with Crippen molar-refractivity contribution >= 4 is 22.8 Å². The van der Waals surface area contributed by atoms with Crippen LogP contribution in [0.2, 0.25) is 0 Å². The molecule has 36 heavy (non-hydrogen) atoms. The van der Waals surface area contributed by atoms with Gasteiger partial charge in [-0.1, -0.05) is 18.2 Å². The summed E-state index contributed by atoms with van der Waals surface area (Å²) in [5.74, 6) is 0. The zero-order chi connectivity index (χ0) is 24.3. The number of aromatic nitrogens is 4. The molecule has 1 saturated heterocycles. The lowest BCUT2D eigenvalue weighted by Crippen LogP contribution is -2.45. The van der Waals surface area contributed by atoms with Gasteiger partial charge >= 0.3 is 6.03 Å². The Morgan fingerprint density at radius 3 is 2.64 bits per heavy atom. The van der Waals surface area contributed by atoms with E-state index in [-0.39, 0.29) is 6.03 Å². The lowest BCUT2D eigenvalue weighted by Gasteiger charge is -2.34. The zero-order valence-corrected chi connectivity index (χ0v) is 20.2. The Morgan fingerprint density at radius 2 is 1.81 bits per heavy atom. The van der Waals surface area contributed by atoms with Gasteiger partial charge < -0.3 is 10.2 Å². The molecular formula is C27H30N8O. The lowest BCUT2D eigenvalue weighted by molar-refractivity contribution is 0.121. The number of hydrogen-bond donors (Lipinski definition) is 2. The second-order valence-electron chi connectivity index (χ2n) is 9.57. The Balaban J connectivity index is 1.03. The largest absolute Gasteiger partial charge is 0.322 e. The summed E-state index contributed by atoms with van der Waals surface area (Å²) in [4.78, 5) is 28.7. The van der Waals surface area contributed by atoms with E-state index in [1.54, 1.807) is 0 Å². The fourth-order valence-corrected chi connectivity index (χ4v) is 5.16. The van der Waals surface area contributed by atoms with Crippen molar-refractivity contribution in [1.29, 1.82) is 0 Å². The predicted octanol–water partition coefficient (Wildman–Crippen LogP) is 3.26. The van der Waals surface area contributed by atoms with Gasteiger partial charge in [0.15, 0.2) is 5.65 Å². The van der Waals surface area contributed by atoms with Crippen LogP contribution in [0.15, 0.2) is 61.1 Å². The Morgan fingerprint density at radius 1 is 0.944 bits per heavy atom. The van der Waals surface area contributed by atoms with Crippen molar-refractivity contribution < 1.29 is 4.79 Å². The third kappa shape index (κ3) is 4.93. The number of fused-ring (bicyclic) bond motifs is 3. The van der Waals surface area contributed by atoms with Gasteiger partial charge in [-0.05, 0) is 47.4 Å². The summed E-state index contributed by atoms with van der Waals surface area (Å²) in [5.41, 5.74) is 6.29. The van der Waals surface area contributed by atoms with Crippen LogP contribution in [0.3, 0.4) is 0 Å². The molecule has 1 fully saturated rings. The van der Waals surface area contributed by atoms with Crippen LogP contribution in [0.5, 0.6) is 0 Å². The van der Waals surface area contributed by atoms with Crippen molar-refractivity contribution in [1.82, 2.24) is 34.9 Å². The van der Waals surface area contributed by atoms with Crippen molar-refractivity contribution in [3.8, 4) is 0 Å². The first-order chi connectivity index (χ1) is 17.7. The molecule has 0 bridgehead atoms. The Kier molecular flexibility index (Phi) is 6.31. The normalized spacial score (nSPS) is 16.7. The highest BCUT2D eigenvalue weighted by atomic mass is 16.2. The fourth-order valence-electron chi connectivity index (χ4n) is 5.16. The van der Waals surface area contributed by atoms with Crippen molar-refractivity contribution in [2.75, 3.05) is 38.0 Å². The number of benzene rings is 1. The number of nitrogens with zero attached hydrogens (tertiary/aromatic N) is 6. The lowest BCUT2D eigenvalue weighted by atomic mass is 9.99. The highest BCUT2D eigenvalue weighted by Crippen LogP contribution is 2.25. The van der Waals surface area contributed by atoms with Gasteiger partial charge in [0.2, 0.25) is 0 Å². The number of anilines is 1. The number of hydrogen-bond acceptors (Lipinski definition) is 6. The number of urea groups is 1. The summed E-state index contributed by atoms with van der Waals surface area (Å²) in [7, 11) is 0. The predicted molar refractivity (Wildman–Crippen MR) is 138 cm³/mol. The van der Waals surface area contributed by atoms with Gasteiger partial charge in [-0.3, -0.25) is 19.9 Å². The van der Waals surface area contributed by atoms with Crippen molar-refractivity contribution in [2.24, 2.45) is 0 Å². The molecule has 0 aliphatic carbocycles. The van der Waals surface area contributed by atoms with Crippen molar-refractivity contribution in [2.45, 2.75) is 26.1 Å². The minimum Gasteiger partial charge on any atom is -0.320 e. The van der Waals surface area contributed by atoms with Gasteiger partial charge in [0, 0.05) is 75.8 Å². The van der Waals surface area contributed by atoms with Crippen LogP contribution in [-0.4, -0.2) is 73.6 Å². The fraction of sp³-hybridized carbons (Fsp3) is 0.333. The monoisotopic (exact) mass is 482 g/mol. The van der Waals surface area contributed by atoms with E-state index in [0.717, 1.165) is 73.7 Å². The summed E-state index contributed by atoms with van der Waals surface area (Å²) < 4.78 is 0. The zero-order valence-electron chi connectivity index (χ0n) is 20.2. The van der Waals surface area contributed by atoms with E-state index in [2.05, 4.69) is 53.5 Å². The Labute approximate surface area is 210 Å². The second kappa shape index (κ2) is 10.0. The first-order valence-electron chi connectivity index (χ1n) is 12.5. The minimum atomic E-state index is -0.0757. The topological polar surface area (TPSA) is 93.3 Å². The van der Waals surface area contributed by atoms with Crippen LogP contribution < -0.4 is 5.32 Å². The smallest absolute Gasteiger partial charge is 0.320 e. The number of nitrogens with one attached hydrogen (secondary N) is 2. The molecule has 4 aromatic rings. The number of H-pyrrole nitrogens is 1. The van der Waals surface area contributed by atoms with Crippen LogP contribution in [0.4, 0.5) is 10.5 Å². The Hall–Kier alpha value is -3.82. The highest BCUT2D eigenvalue weighted by Gasteiger charge is 2.23. The van der Waals surface area contributed by atoms with Crippen LogP contribution in [0.25, 0.3) is 11.0 Å². The molecule has 5 heterocycles. The van der Waals surface area contributed by atoms with Crippen LogP contribution in [-0.2, 0) is 26.1 Å². The summed E-state index contributed by atoms with van der Waals surface area (Å²) in [5, 5.41) is 11.2. The number of aromatic amines is 1. The van der Waals surface area contributed by atoms with E-state index < -0.39 is 0 Å². The molecule has 0 saturated carbocycles. The number of carbonyl (C=O) groups excluding carboxylic acids is 1. The molecule has 184 valence electrons. The van der Waals surface area contributed by atoms with Gasteiger partial charge in [0.1, 0.15) is 0 Å². The van der Waals surface area contributed by atoms with Gasteiger partial charge in [0.05, 0.1) is 11.9 Å². The standard InChI is InChI=1S/C27H30N8O/c36-27(35-9-7-24-21(18-35)15-29-26-25(24)16-30-32-26)31-22-6-3-4-20(14-22)17-33-10-12-34(13-11-33)19-23-5-1-2-8-28-23/h1-6,8,14-16H,7,9-13,17-19H2,(H,31,36)(H,29,30,32). The van der Waals surface area contributed by atoms with Gasteiger partial charge in [0.25, 0.3) is 0 Å².